The summed E-state index contributed by atoms with van der Waals surface area (Å²) in [6.45, 7) is 8.50. The van der Waals surface area contributed by atoms with E-state index < -0.39 is 8.07 Å². The van der Waals surface area contributed by atoms with Crippen molar-refractivity contribution in [1.29, 1.82) is 0 Å². The van der Waals surface area contributed by atoms with E-state index in [1.54, 1.807) is 0 Å². The standard InChI is InChI=1S/C14H17NSi/c1-4-12-7-9-13(10-8-12)16(2,3)14-6-5-11-15-14/h4-11,15H,1H2,2-3H3. The summed E-state index contributed by atoms with van der Waals surface area (Å²) in [6, 6.07) is 13.0. The summed E-state index contributed by atoms with van der Waals surface area (Å²) in [5.74, 6) is 0. The Hall–Kier alpha value is -1.54. The van der Waals surface area contributed by atoms with Crippen LogP contribution in [0.15, 0.2) is 49.2 Å². The first-order valence-corrected chi connectivity index (χ1v) is 8.51. The van der Waals surface area contributed by atoms with Crippen LogP contribution in [0, 0.1) is 0 Å². The minimum absolute atomic E-state index is 1.18. The second-order valence-corrected chi connectivity index (χ2v) is 8.90. The van der Waals surface area contributed by atoms with Crippen LogP contribution in [0.2, 0.25) is 13.1 Å². The Morgan fingerprint density at radius 3 is 2.31 bits per heavy atom. The van der Waals surface area contributed by atoms with Crippen LogP contribution in [0.3, 0.4) is 0 Å². The summed E-state index contributed by atoms with van der Waals surface area (Å²) in [6.07, 6.45) is 3.88. The lowest BCUT2D eigenvalue weighted by atomic mass is 10.2. The molecule has 1 N–H and O–H groups in total. The molecule has 1 nitrogen and oxygen atoms in total. The highest BCUT2D eigenvalue weighted by Gasteiger charge is 2.26. The molecule has 16 heavy (non-hydrogen) atoms. The third kappa shape index (κ3) is 1.88. The van der Waals surface area contributed by atoms with E-state index in [1.807, 2.05) is 12.3 Å². The highest BCUT2D eigenvalue weighted by Crippen LogP contribution is 2.06. The first kappa shape index (κ1) is 11.0. The summed E-state index contributed by atoms with van der Waals surface area (Å²) in [7, 11) is -1.53. The van der Waals surface area contributed by atoms with Crippen molar-refractivity contribution in [2.75, 3.05) is 0 Å². The van der Waals surface area contributed by atoms with E-state index in [2.05, 4.69) is 61.1 Å². The van der Waals surface area contributed by atoms with Gasteiger partial charge in [-0.15, -0.1) is 0 Å². The maximum Gasteiger partial charge on any atom is 0.132 e. The molecule has 0 radical (unpaired) electrons. The van der Waals surface area contributed by atoms with Gasteiger partial charge in [0.05, 0.1) is 0 Å². The Kier molecular flexibility index (Phi) is 2.84. The number of hydrogen-bond donors (Lipinski definition) is 1. The molecule has 1 aromatic carbocycles. The predicted octanol–water partition coefficient (Wildman–Crippen LogP) is 2.48. The summed E-state index contributed by atoms with van der Waals surface area (Å²) in [4.78, 5) is 3.35. The molecule has 0 saturated heterocycles. The molecule has 0 saturated carbocycles. The van der Waals surface area contributed by atoms with Crippen LogP contribution in [0.25, 0.3) is 6.08 Å². The molecule has 0 atom stereocenters. The topological polar surface area (TPSA) is 15.8 Å². The van der Waals surface area contributed by atoms with Crippen LogP contribution in [-0.2, 0) is 0 Å². The molecule has 82 valence electrons. The van der Waals surface area contributed by atoms with Crippen molar-refractivity contribution >= 4 is 24.7 Å². The predicted molar refractivity (Wildman–Crippen MR) is 74.1 cm³/mol. The van der Waals surface area contributed by atoms with Gasteiger partial charge >= 0.3 is 0 Å². The van der Waals surface area contributed by atoms with E-state index in [0.29, 0.717) is 0 Å². The number of rotatable bonds is 3. The van der Waals surface area contributed by atoms with Gasteiger partial charge in [-0.05, 0) is 17.7 Å². The van der Waals surface area contributed by atoms with Gasteiger partial charge in [0.15, 0.2) is 0 Å². The molecule has 1 heterocycles. The van der Waals surface area contributed by atoms with Crippen LogP contribution < -0.4 is 10.5 Å². The van der Waals surface area contributed by atoms with Gasteiger partial charge in [-0.3, -0.25) is 0 Å². The lowest BCUT2D eigenvalue weighted by Gasteiger charge is -2.21. The minimum Gasteiger partial charge on any atom is -0.368 e. The van der Waals surface area contributed by atoms with E-state index in [0.717, 1.165) is 0 Å². The highest BCUT2D eigenvalue weighted by atomic mass is 28.3. The Labute approximate surface area is 97.8 Å². The Balaban J connectivity index is 2.39. The number of aromatic nitrogens is 1. The lowest BCUT2D eigenvalue weighted by molar-refractivity contribution is 1.44. The van der Waals surface area contributed by atoms with Crippen LogP contribution in [0.1, 0.15) is 5.56 Å². The van der Waals surface area contributed by atoms with Gasteiger partial charge in [0.25, 0.3) is 0 Å². The van der Waals surface area contributed by atoms with E-state index in [9.17, 15) is 0 Å². The summed E-state index contributed by atoms with van der Waals surface area (Å²) >= 11 is 0. The van der Waals surface area contributed by atoms with Gasteiger partial charge in [-0.25, -0.2) is 0 Å². The van der Waals surface area contributed by atoms with Crippen molar-refractivity contribution in [3.05, 3.63) is 54.7 Å². The zero-order valence-electron chi connectivity index (χ0n) is 9.83. The third-order valence-corrected chi connectivity index (χ3v) is 6.57. The average Bonchev–Trinajstić information content (AvgIpc) is 2.83. The average molecular weight is 227 g/mol. The van der Waals surface area contributed by atoms with Gasteiger partial charge in [0, 0.05) is 11.5 Å². The van der Waals surface area contributed by atoms with Crippen LogP contribution >= 0.6 is 0 Å². The van der Waals surface area contributed by atoms with Crippen molar-refractivity contribution < 1.29 is 0 Å². The fourth-order valence-electron chi connectivity index (χ4n) is 1.91. The highest BCUT2D eigenvalue weighted by molar-refractivity contribution is 6.99. The Morgan fingerprint density at radius 2 is 1.81 bits per heavy atom. The molecule has 0 aliphatic rings. The number of nitrogens with one attached hydrogen (secondary N) is 1. The fraction of sp³-hybridized carbons (Fsp3) is 0.143. The molecule has 2 aromatic rings. The Bertz CT molecular complexity index is 466. The van der Waals surface area contributed by atoms with E-state index >= 15 is 0 Å². The Morgan fingerprint density at radius 1 is 1.12 bits per heavy atom. The maximum absolute atomic E-state index is 3.78. The smallest absolute Gasteiger partial charge is 0.132 e. The zero-order chi connectivity index (χ0) is 11.6. The van der Waals surface area contributed by atoms with Gasteiger partial charge in [-0.2, -0.15) is 0 Å². The van der Waals surface area contributed by atoms with Crippen molar-refractivity contribution in [3.63, 3.8) is 0 Å². The third-order valence-electron chi connectivity index (χ3n) is 3.14. The summed E-state index contributed by atoms with van der Waals surface area (Å²) < 4.78 is 0. The molecule has 0 spiro atoms. The SMILES string of the molecule is C=Cc1ccc([Si](C)(C)c2ccc[nH]2)cc1. The van der Waals surface area contributed by atoms with Crippen LogP contribution in [-0.4, -0.2) is 13.1 Å². The summed E-state index contributed by atoms with van der Waals surface area (Å²) in [5, 5.41) is 2.82. The molecule has 0 fully saturated rings. The molecule has 0 bridgehead atoms. The molecule has 2 rings (SSSR count). The largest absolute Gasteiger partial charge is 0.368 e. The maximum atomic E-state index is 3.78. The molecule has 0 aliphatic carbocycles. The molecular formula is C14H17NSi. The number of benzene rings is 1. The lowest BCUT2D eigenvalue weighted by Crippen LogP contribution is -2.53. The van der Waals surface area contributed by atoms with Gasteiger partial charge < -0.3 is 4.98 Å². The van der Waals surface area contributed by atoms with Gasteiger partial charge in [0.2, 0.25) is 0 Å². The van der Waals surface area contributed by atoms with Crippen molar-refractivity contribution in [2.45, 2.75) is 13.1 Å². The van der Waals surface area contributed by atoms with Crippen LogP contribution in [0.4, 0.5) is 0 Å². The molecule has 0 unspecified atom stereocenters. The van der Waals surface area contributed by atoms with Crippen molar-refractivity contribution in [1.82, 2.24) is 4.98 Å². The van der Waals surface area contributed by atoms with E-state index in [4.69, 9.17) is 0 Å². The van der Waals surface area contributed by atoms with Gasteiger partial charge in [-0.1, -0.05) is 55.2 Å². The molecule has 0 aliphatic heterocycles. The number of hydrogen-bond acceptors (Lipinski definition) is 0. The number of aromatic amines is 1. The van der Waals surface area contributed by atoms with Crippen molar-refractivity contribution in [3.8, 4) is 0 Å². The van der Waals surface area contributed by atoms with Crippen molar-refractivity contribution in [2.24, 2.45) is 0 Å². The second kappa shape index (κ2) is 4.14. The monoisotopic (exact) mass is 227 g/mol. The molecule has 2 heteroatoms. The number of H-pyrrole nitrogens is 1. The quantitative estimate of drug-likeness (QED) is 0.775. The molecule has 0 amide bonds. The molecule has 1 aromatic heterocycles. The first-order chi connectivity index (χ1) is 7.64. The fourth-order valence-corrected chi connectivity index (χ4v) is 4.18. The second-order valence-electron chi connectivity index (χ2n) is 4.53. The van der Waals surface area contributed by atoms with E-state index in [1.165, 1.54) is 16.1 Å². The summed E-state index contributed by atoms with van der Waals surface area (Å²) in [5.41, 5.74) is 1.18. The normalized spacial score (nSPS) is 11.4. The molecular weight excluding hydrogens is 210 g/mol. The first-order valence-electron chi connectivity index (χ1n) is 5.51. The van der Waals surface area contributed by atoms with E-state index in [-0.39, 0.29) is 0 Å². The van der Waals surface area contributed by atoms with Gasteiger partial charge in [0.1, 0.15) is 8.07 Å². The minimum atomic E-state index is -1.53. The van der Waals surface area contributed by atoms with Crippen LogP contribution in [0.5, 0.6) is 0 Å². The zero-order valence-corrected chi connectivity index (χ0v) is 10.8.